The van der Waals surface area contributed by atoms with Gasteiger partial charge in [0, 0.05) is 44.7 Å². The molecule has 30 heavy (non-hydrogen) atoms. The van der Waals surface area contributed by atoms with E-state index in [0.717, 1.165) is 32.1 Å². The lowest BCUT2D eigenvalue weighted by Crippen LogP contribution is -2.54. The molecule has 0 radical (unpaired) electrons. The van der Waals surface area contributed by atoms with Crippen LogP contribution in [0.5, 0.6) is 0 Å². The smallest absolute Gasteiger partial charge is 0.297 e. The Morgan fingerprint density at radius 2 is 1.70 bits per heavy atom. The van der Waals surface area contributed by atoms with E-state index >= 15 is 0 Å². The second kappa shape index (κ2) is 8.68. The molecule has 164 valence electrons. The highest BCUT2D eigenvalue weighted by Gasteiger charge is 2.35. The molecular weight excluding hydrogens is 412 g/mol. The van der Waals surface area contributed by atoms with Crippen molar-refractivity contribution >= 4 is 26.9 Å². The lowest BCUT2D eigenvalue weighted by atomic mass is 9.96. The van der Waals surface area contributed by atoms with Gasteiger partial charge >= 0.3 is 0 Å². The molecule has 1 saturated carbocycles. The van der Waals surface area contributed by atoms with Crippen LogP contribution in [-0.2, 0) is 10.2 Å². The van der Waals surface area contributed by atoms with Crippen LogP contribution in [0.25, 0.3) is 10.9 Å². The van der Waals surface area contributed by atoms with E-state index in [-0.39, 0.29) is 6.04 Å². The molecule has 0 spiro atoms. The molecule has 2 aromatic rings. The topological polar surface area (TPSA) is 69.6 Å². The Morgan fingerprint density at radius 1 is 1.03 bits per heavy atom. The van der Waals surface area contributed by atoms with E-state index in [1.165, 1.54) is 8.61 Å². The van der Waals surface area contributed by atoms with Gasteiger partial charge in [-0.2, -0.15) is 17.0 Å². The van der Waals surface area contributed by atoms with E-state index in [2.05, 4.69) is 9.97 Å². The van der Waals surface area contributed by atoms with Crippen LogP contribution in [0.4, 0.5) is 14.6 Å². The van der Waals surface area contributed by atoms with Crippen LogP contribution in [0.1, 0.15) is 44.4 Å². The van der Waals surface area contributed by atoms with Crippen molar-refractivity contribution in [2.45, 2.75) is 44.6 Å². The van der Waals surface area contributed by atoms with Crippen LogP contribution in [0.15, 0.2) is 24.3 Å². The van der Waals surface area contributed by atoms with Crippen LogP contribution < -0.4 is 4.90 Å². The van der Waals surface area contributed by atoms with Crippen LogP contribution in [0.3, 0.4) is 0 Å². The van der Waals surface area contributed by atoms with Crippen molar-refractivity contribution < 1.29 is 17.2 Å². The third kappa shape index (κ3) is 4.13. The Hall–Kier alpha value is -1.91. The van der Waals surface area contributed by atoms with E-state index in [1.54, 1.807) is 25.2 Å². The quantitative estimate of drug-likeness (QED) is 0.716. The van der Waals surface area contributed by atoms with Crippen molar-refractivity contribution in [3.63, 3.8) is 0 Å². The summed E-state index contributed by atoms with van der Waals surface area (Å²) in [5.41, 5.74) is 0.463. The van der Waals surface area contributed by atoms with Crippen LogP contribution in [-0.4, -0.2) is 66.3 Å². The summed E-state index contributed by atoms with van der Waals surface area (Å²) in [5, 5.41) is 0.692. The van der Waals surface area contributed by atoms with Gasteiger partial charge in [0.15, 0.2) is 5.82 Å². The second-order valence-electron chi connectivity index (χ2n) is 7.93. The largest absolute Gasteiger partial charge is 0.353 e. The summed E-state index contributed by atoms with van der Waals surface area (Å²) in [6, 6.07) is 7.12. The van der Waals surface area contributed by atoms with Crippen molar-refractivity contribution in [3.8, 4) is 0 Å². The van der Waals surface area contributed by atoms with Crippen molar-refractivity contribution in [3.05, 3.63) is 30.1 Å². The van der Waals surface area contributed by atoms with Gasteiger partial charge in [0.25, 0.3) is 16.6 Å². The predicted molar refractivity (Wildman–Crippen MR) is 112 cm³/mol. The number of rotatable bonds is 5. The summed E-state index contributed by atoms with van der Waals surface area (Å²) in [4.78, 5) is 9.94. The van der Waals surface area contributed by atoms with E-state index in [1.807, 2.05) is 11.0 Å². The van der Waals surface area contributed by atoms with Gasteiger partial charge in [-0.25, -0.2) is 18.7 Å². The fourth-order valence-corrected chi connectivity index (χ4v) is 5.94. The normalized spacial score (nSPS) is 19.8. The molecule has 1 aliphatic carbocycles. The fourth-order valence-electron chi connectivity index (χ4n) is 4.36. The van der Waals surface area contributed by atoms with E-state index < -0.39 is 22.5 Å². The number of anilines is 1. The maximum absolute atomic E-state index is 13.3. The Kier molecular flexibility index (Phi) is 6.17. The Morgan fingerprint density at radius 3 is 2.37 bits per heavy atom. The number of fused-ring (bicyclic) bond motifs is 1. The average Bonchev–Trinajstić information content (AvgIpc) is 2.78. The Bertz CT molecular complexity index is 990. The Balaban J connectivity index is 1.52. The van der Waals surface area contributed by atoms with Gasteiger partial charge in [-0.05, 0) is 25.0 Å². The summed E-state index contributed by atoms with van der Waals surface area (Å²) in [7, 11) is -1.87. The molecule has 0 bridgehead atoms. The van der Waals surface area contributed by atoms with Gasteiger partial charge < -0.3 is 4.90 Å². The number of hydrogen-bond donors (Lipinski definition) is 0. The minimum absolute atomic E-state index is 0.0567. The predicted octanol–water partition coefficient (Wildman–Crippen LogP) is 3.20. The second-order valence-corrected chi connectivity index (χ2v) is 9.91. The monoisotopic (exact) mass is 439 g/mol. The van der Waals surface area contributed by atoms with Gasteiger partial charge in [-0.15, -0.1) is 0 Å². The number of halogens is 2. The lowest BCUT2D eigenvalue weighted by molar-refractivity contribution is 0.141. The first kappa shape index (κ1) is 21.3. The highest BCUT2D eigenvalue weighted by molar-refractivity contribution is 7.86. The number of aromatic nitrogens is 2. The molecule has 0 amide bonds. The van der Waals surface area contributed by atoms with Crippen molar-refractivity contribution in [1.29, 1.82) is 0 Å². The molecule has 10 heteroatoms. The number of benzene rings is 1. The zero-order chi connectivity index (χ0) is 21.3. The first-order valence-corrected chi connectivity index (χ1v) is 11.8. The number of alkyl halides is 2. The molecule has 0 N–H and O–H groups in total. The average molecular weight is 440 g/mol. The minimum Gasteiger partial charge on any atom is -0.353 e. The SMILES string of the molecule is CN(C1CCCCC1)S(=O)(=O)N1CCN(c2nc(C(F)F)nc3ccccc23)CC1. The summed E-state index contributed by atoms with van der Waals surface area (Å²) in [6.45, 7) is 1.37. The van der Waals surface area contributed by atoms with E-state index in [4.69, 9.17) is 0 Å². The van der Waals surface area contributed by atoms with Crippen LogP contribution >= 0.6 is 0 Å². The number of para-hydroxylation sites is 1. The molecule has 2 fully saturated rings. The molecule has 0 atom stereocenters. The minimum atomic E-state index is -3.54. The Labute approximate surface area is 175 Å². The van der Waals surface area contributed by atoms with Gasteiger partial charge in [-0.3, -0.25) is 0 Å². The first-order valence-electron chi connectivity index (χ1n) is 10.4. The fraction of sp³-hybridized carbons (Fsp3) is 0.600. The molecular formula is C20H27F2N5O2S. The standard InChI is InChI=1S/C20H27F2N5O2S/c1-25(15-7-3-2-4-8-15)30(28,29)27-13-11-26(12-14-27)20-16-9-5-6-10-17(16)23-19(24-20)18(21)22/h5-6,9-10,15,18H,2-4,7-8,11-14H2,1H3. The third-order valence-electron chi connectivity index (χ3n) is 6.11. The van der Waals surface area contributed by atoms with Gasteiger partial charge in [-0.1, -0.05) is 31.4 Å². The molecule has 2 aliphatic rings. The zero-order valence-electron chi connectivity index (χ0n) is 17.0. The van der Waals surface area contributed by atoms with E-state index in [9.17, 15) is 17.2 Å². The van der Waals surface area contributed by atoms with Crippen LogP contribution in [0, 0.1) is 0 Å². The van der Waals surface area contributed by atoms with Crippen molar-refractivity contribution in [2.75, 3.05) is 38.1 Å². The zero-order valence-corrected chi connectivity index (χ0v) is 17.9. The summed E-state index contributed by atoms with van der Waals surface area (Å²) < 4.78 is 55.8. The molecule has 1 aromatic carbocycles. The molecule has 1 saturated heterocycles. The molecule has 1 aliphatic heterocycles. The maximum atomic E-state index is 13.3. The highest BCUT2D eigenvalue weighted by atomic mass is 32.2. The van der Waals surface area contributed by atoms with Gasteiger partial charge in [0.05, 0.1) is 5.52 Å². The molecule has 2 heterocycles. The number of piperazine rings is 1. The summed E-state index contributed by atoms with van der Waals surface area (Å²) in [6.07, 6.45) is 2.32. The number of nitrogens with zero attached hydrogens (tertiary/aromatic N) is 5. The molecule has 0 unspecified atom stereocenters. The first-order chi connectivity index (χ1) is 14.4. The van der Waals surface area contributed by atoms with Gasteiger partial charge in [0.1, 0.15) is 5.82 Å². The highest BCUT2D eigenvalue weighted by Crippen LogP contribution is 2.29. The number of hydrogen-bond acceptors (Lipinski definition) is 5. The summed E-state index contributed by atoms with van der Waals surface area (Å²) >= 11 is 0. The summed E-state index contributed by atoms with van der Waals surface area (Å²) in [5.74, 6) is -0.0654. The maximum Gasteiger partial charge on any atom is 0.297 e. The van der Waals surface area contributed by atoms with Crippen molar-refractivity contribution in [1.82, 2.24) is 18.6 Å². The molecule has 4 rings (SSSR count). The molecule has 1 aromatic heterocycles. The molecule has 7 nitrogen and oxygen atoms in total. The third-order valence-corrected chi connectivity index (χ3v) is 8.16. The van der Waals surface area contributed by atoms with Crippen LogP contribution in [0.2, 0.25) is 0 Å². The van der Waals surface area contributed by atoms with Gasteiger partial charge in [0.2, 0.25) is 0 Å². The lowest BCUT2D eigenvalue weighted by Gasteiger charge is -2.39. The van der Waals surface area contributed by atoms with E-state index in [0.29, 0.717) is 42.9 Å². The van der Waals surface area contributed by atoms with Crippen molar-refractivity contribution in [2.24, 2.45) is 0 Å².